The van der Waals surface area contributed by atoms with Crippen LogP contribution in [0, 0.1) is 0 Å². The van der Waals surface area contributed by atoms with Crippen molar-refractivity contribution in [1.29, 1.82) is 0 Å². The molecule has 1 amide bonds. The zero-order valence-corrected chi connectivity index (χ0v) is 11.3. The van der Waals surface area contributed by atoms with Gasteiger partial charge in [-0.3, -0.25) is 4.79 Å². The Balaban J connectivity index is 1.60. The van der Waals surface area contributed by atoms with Crippen LogP contribution in [0.4, 0.5) is 0 Å². The Kier molecular flexibility index (Phi) is 4.43. The van der Waals surface area contributed by atoms with E-state index in [2.05, 4.69) is 0 Å². The second kappa shape index (κ2) is 6.06. The van der Waals surface area contributed by atoms with Crippen molar-refractivity contribution in [2.45, 2.75) is 31.8 Å². The van der Waals surface area contributed by atoms with Crippen LogP contribution in [0.2, 0.25) is 0 Å². The molecule has 1 aliphatic heterocycles. The molecule has 0 radical (unpaired) electrons. The Bertz CT molecular complexity index is 413. The number of carbonyl (C=O) groups is 1. The molecule has 1 heterocycles. The highest BCUT2D eigenvalue weighted by atomic mass is 16.5. The molecular weight excluding hydrogens is 242 g/mol. The molecule has 1 fully saturated rings. The third kappa shape index (κ3) is 3.70. The molecule has 19 heavy (non-hydrogen) atoms. The van der Waals surface area contributed by atoms with E-state index >= 15 is 0 Å². The molecule has 0 unspecified atom stereocenters. The molecule has 104 valence electrons. The highest BCUT2D eigenvalue weighted by Gasteiger charge is 2.41. The second-order valence-corrected chi connectivity index (χ2v) is 5.09. The fourth-order valence-corrected chi connectivity index (χ4v) is 2.15. The molecule has 0 aromatic heterocycles. The molecule has 0 bridgehead atoms. The lowest BCUT2D eigenvalue weighted by Crippen LogP contribution is -2.63. The summed E-state index contributed by atoms with van der Waals surface area (Å²) in [4.78, 5) is 13.5. The number of hydrogen-bond acceptors (Lipinski definition) is 3. The summed E-state index contributed by atoms with van der Waals surface area (Å²) >= 11 is 0. The number of carbonyl (C=O) groups excluding carboxylic acids is 1. The maximum Gasteiger partial charge on any atom is 0.222 e. The van der Waals surface area contributed by atoms with Crippen LogP contribution in [0.1, 0.15) is 26.2 Å². The summed E-state index contributed by atoms with van der Waals surface area (Å²) in [5.41, 5.74) is -0.643. The minimum Gasteiger partial charge on any atom is -0.494 e. The van der Waals surface area contributed by atoms with Crippen LogP contribution in [0.25, 0.3) is 0 Å². The Morgan fingerprint density at radius 3 is 2.68 bits per heavy atom. The van der Waals surface area contributed by atoms with Crippen LogP contribution in [0.3, 0.4) is 0 Å². The molecular formula is C15H21NO3. The number of para-hydroxylation sites is 1. The lowest BCUT2D eigenvalue weighted by molar-refractivity contribution is -0.155. The van der Waals surface area contributed by atoms with E-state index in [1.54, 1.807) is 4.90 Å². The molecule has 0 atom stereocenters. The number of β-amino-alcohol motifs (C(OH)–C–C–N with tert-alkyl or cyclic N) is 1. The number of nitrogens with zero attached hydrogens (tertiary/aromatic N) is 1. The lowest BCUT2D eigenvalue weighted by Gasteiger charge is -2.46. The van der Waals surface area contributed by atoms with Crippen LogP contribution in [0.5, 0.6) is 5.75 Å². The highest BCUT2D eigenvalue weighted by molar-refractivity contribution is 5.77. The SMILES string of the molecule is CCC1(O)CN(C(=O)CCCOc2ccccc2)C1. The van der Waals surface area contributed by atoms with Gasteiger partial charge in [0.1, 0.15) is 5.75 Å². The highest BCUT2D eigenvalue weighted by Crippen LogP contribution is 2.24. The molecule has 2 rings (SSSR count). The summed E-state index contributed by atoms with van der Waals surface area (Å²) in [5, 5.41) is 9.84. The topological polar surface area (TPSA) is 49.8 Å². The summed E-state index contributed by atoms with van der Waals surface area (Å²) in [7, 11) is 0. The van der Waals surface area contributed by atoms with Crippen LogP contribution >= 0.6 is 0 Å². The first-order valence-corrected chi connectivity index (χ1v) is 6.81. The van der Waals surface area contributed by atoms with Crippen molar-refractivity contribution in [3.63, 3.8) is 0 Å². The average Bonchev–Trinajstić information content (AvgIpc) is 2.41. The number of ether oxygens (including phenoxy) is 1. The third-order valence-electron chi connectivity index (χ3n) is 3.53. The van der Waals surface area contributed by atoms with Gasteiger partial charge in [0.2, 0.25) is 5.91 Å². The zero-order chi connectivity index (χ0) is 13.7. The van der Waals surface area contributed by atoms with E-state index in [0.29, 0.717) is 39.0 Å². The minimum atomic E-state index is -0.643. The van der Waals surface area contributed by atoms with Crippen molar-refractivity contribution in [3.05, 3.63) is 30.3 Å². The van der Waals surface area contributed by atoms with Gasteiger partial charge in [-0.25, -0.2) is 0 Å². The van der Waals surface area contributed by atoms with Crippen molar-refractivity contribution in [2.75, 3.05) is 19.7 Å². The van der Waals surface area contributed by atoms with Crippen molar-refractivity contribution in [3.8, 4) is 5.75 Å². The normalized spacial score (nSPS) is 16.8. The first-order valence-electron chi connectivity index (χ1n) is 6.81. The zero-order valence-electron chi connectivity index (χ0n) is 11.3. The van der Waals surface area contributed by atoms with E-state index in [4.69, 9.17) is 4.74 Å². The standard InChI is InChI=1S/C15H21NO3/c1-2-15(18)11-16(12-15)14(17)9-6-10-19-13-7-4-3-5-8-13/h3-5,7-8,18H,2,6,9-12H2,1H3. The maximum absolute atomic E-state index is 11.8. The van der Waals surface area contributed by atoms with Gasteiger partial charge in [0, 0.05) is 6.42 Å². The quantitative estimate of drug-likeness (QED) is 0.797. The predicted octanol–water partition coefficient (Wildman–Crippen LogP) is 1.83. The van der Waals surface area contributed by atoms with Crippen LogP contribution < -0.4 is 4.74 Å². The monoisotopic (exact) mass is 263 g/mol. The summed E-state index contributed by atoms with van der Waals surface area (Å²) in [6.45, 7) is 3.43. The molecule has 1 N–H and O–H groups in total. The molecule has 0 spiro atoms. The molecule has 0 saturated carbocycles. The number of aliphatic hydroxyl groups is 1. The van der Waals surface area contributed by atoms with Crippen LogP contribution in [-0.2, 0) is 4.79 Å². The Morgan fingerprint density at radius 1 is 1.37 bits per heavy atom. The Hall–Kier alpha value is -1.55. The van der Waals surface area contributed by atoms with E-state index in [9.17, 15) is 9.90 Å². The van der Waals surface area contributed by atoms with Crippen molar-refractivity contribution < 1.29 is 14.6 Å². The van der Waals surface area contributed by atoms with Crippen molar-refractivity contribution >= 4 is 5.91 Å². The number of hydrogen-bond donors (Lipinski definition) is 1. The first kappa shape index (κ1) is 13.9. The smallest absolute Gasteiger partial charge is 0.222 e. The van der Waals surface area contributed by atoms with E-state index < -0.39 is 5.60 Å². The molecule has 1 aromatic carbocycles. The fraction of sp³-hybridized carbons (Fsp3) is 0.533. The summed E-state index contributed by atoms with van der Waals surface area (Å²) in [6, 6.07) is 9.59. The van der Waals surface area contributed by atoms with Gasteiger partial charge < -0.3 is 14.7 Å². The number of likely N-dealkylation sites (tertiary alicyclic amines) is 1. The van der Waals surface area contributed by atoms with Gasteiger partial charge in [0.05, 0.1) is 25.3 Å². The number of benzene rings is 1. The van der Waals surface area contributed by atoms with Crippen molar-refractivity contribution in [1.82, 2.24) is 4.90 Å². The third-order valence-corrected chi connectivity index (χ3v) is 3.53. The van der Waals surface area contributed by atoms with Gasteiger partial charge in [-0.05, 0) is 25.0 Å². The molecule has 1 saturated heterocycles. The molecule has 4 heteroatoms. The van der Waals surface area contributed by atoms with Crippen LogP contribution in [-0.4, -0.2) is 41.2 Å². The number of rotatable bonds is 6. The predicted molar refractivity (Wildman–Crippen MR) is 73.0 cm³/mol. The first-order chi connectivity index (χ1) is 9.13. The van der Waals surface area contributed by atoms with Gasteiger partial charge in [0.25, 0.3) is 0 Å². The largest absolute Gasteiger partial charge is 0.494 e. The van der Waals surface area contributed by atoms with E-state index in [-0.39, 0.29) is 5.91 Å². The van der Waals surface area contributed by atoms with Gasteiger partial charge in [-0.15, -0.1) is 0 Å². The molecule has 0 aliphatic carbocycles. The summed E-state index contributed by atoms with van der Waals surface area (Å²) in [5.74, 6) is 0.939. The van der Waals surface area contributed by atoms with Gasteiger partial charge in [-0.2, -0.15) is 0 Å². The molecule has 1 aromatic rings. The summed E-state index contributed by atoms with van der Waals surface area (Å²) in [6.07, 6.45) is 1.88. The average molecular weight is 263 g/mol. The Morgan fingerprint density at radius 2 is 2.05 bits per heavy atom. The Labute approximate surface area is 114 Å². The molecule has 4 nitrogen and oxygen atoms in total. The second-order valence-electron chi connectivity index (χ2n) is 5.09. The van der Waals surface area contributed by atoms with E-state index in [1.807, 2.05) is 37.3 Å². The van der Waals surface area contributed by atoms with Gasteiger partial charge in [0.15, 0.2) is 0 Å². The fourth-order valence-electron chi connectivity index (χ4n) is 2.15. The summed E-state index contributed by atoms with van der Waals surface area (Å²) < 4.78 is 5.53. The van der Waals surface area contributed by atoms with Gasteiger partial charge in [-0.1, -0.05) is 25.1 Å². The lowest BCUT2D eigenvalue weighted by atomic mass is 9.91. The number of amides is 1. The molecule has 1 aliphatic rings. The minimum absolute atomic E-state index is 0.106. The van der Waals surface area contributed by atoms with Gasteiger partial charge >= 0.3 is 0 Å². The van der Waals surface area contributed by atoms with Crippen molar-refractivity contribution in [2.24, 2.45) is 0 Å². The van der Waals surface area contributed by atoms with E-state index in [1.165, 1.54) is 0 Å². The maximum atomic E-state index is 11.8. The van der Waals surface area contributed by atoms with E-state index in [0.717, 1.165) is 5.75 Å². The van der Waals surface area contributed by atoms with Crippen LogP contribution in [0.15, 0.2) is 30.3 Å².